The number of allylic oxidation sites excluding steroid dienone is 4. The van der Waals surface area contributed by atoms with Gasteiger partial charge in [-0.05, 0) is 44.9 Å². The average Bonchev–Trinajstić information content (AvgIpc) is 2.43. The average molecular weight is 319 g/mol. The predicted molar refractivity (Wildman–Crippen MR) is 84.4 cm³/mol. The quantitative estimate of drug-likeness (QED) is 0.277. The molecule has 0 N–H and O–H groups in total. The summed E-state index contributed by atoms with van der Waals surface area (Å²) < 4.78 is 0. The van der Waals surface area contributed by atoms with E-state index in [1.165, 1.54) is 38.5 Å². The minimum Gasteiger partial charge on any atom is -0.550 e. The molecule has 0 aromatic rings. The second kappa shape index (κ2) is 20.6. The molecule has 0 radical (unpaired) electrons. The first kappa shape index (κ1) is 23.8. The topological polar surface area (TPSA) is 40.1 Å². The maximum atomic E-state index is 10.2. The van der Waals surface area contributed by atoms with Crippen molar-refractivity contribution in [1.82, 2.24) is 0 Å². The molecule has 0 bridgehead atoms. The number of carbonyl (C=O) groups is 1. The predicted octanol–water partition coefficient (Wildman–Crippen LogP) is 1.55. The molecule has 0 aromatic heterocycles. The van der Waals surface area contributed by atoms with Crippen LogP contribution >= 0.6 is 0 Å². The summed E-state index contributed by atoms with van der Waals surface area (Å²) in [5.41, 5.74) is 0. The van der Waals surface area contributed by atoms with Crippen molar-refractivity contribution in [2.24, 2.45) is 0 Å². The standard InChI is InChI=1S/C18H32O2.K/c1-2-3-4-5-6-7-8-9-10-11-12-13-14-15-16-17-18(19)20;/h6-7,9-10H,2-5,8,11-17H2,1H3,(H,19,20);/q;+1/p-1/b7-6-,10-9+;. The van der Waals surface area contributed by atoms with Gasteiger partial charge in [0.1, 0.15) is 0 Å². The van der Waals surface area contributed by atoms with Crippen LogP contribution in [0.2, 0.25) is 0 Å². The Morgan fingerprint density at radius 3 is 1.90 bits per heavy atom. The first-order valence-electron chi connectivity index (χ1n) is 8.27. The molecule has 3 heteroatoms. The van der Waals surface area contributed by atoms with E-state index in [2.05, 4.69) is 31.2 Å². The van der Waals surface area contributed by atoms with E-state index in [0.29, 0.717) is 0 Å². The Hall–Kier alpha value is 0.586. The molecule has 0 spiro atoms. The normalized spacial score (nSPS) is 11.1. The van der Waals surface area contributed by atoms with Gasteiger partial charge in [0.15, 0.2) is 0 Å². The Bertz CT molecular complexity index is 272. The molecule has 2 nitrogen and oxygen atoms in total. The Labute approximate surface area is 173 Å². The zero-order chi connectivity index (χ0) is 14.9. The van der Waals surface area contributed by atoms with Gasteiger partial charge in [0.05, 0.1) is 0 Å². The van der Waals surface area contributed by atoms with Crippen molar-refractivity contribution in [1.29, 1.82) is 0 Å². The van der Waals surface area contributed by atoms with Gasteiger partial charge in [-0.25, -0.2) is 0 Å². The molecule has 0 saturated heterocycles. The van der Waals surface area contributed by atoms with Gasteiger partial charge in [-0.3, -0.25) is 0 Å². The second-order valence-corrected chi connectivity index (χ2v) is 5.35. The molecule has 0 amide bonds. The van der Waals surface area contributed by atoms with E-state index in [1.54, 1.807) is 0 Å². The summed E-state index contributed by atoms with van der Waals surface area (Å²) in [5.74, 6) is -0.921. The molecule has 0 saturated carbocycles. The van der Waals surface area contributed by atoms with Crippen LogP contribution in [0.1, 0.15) is 84.0 Å². The van der Waals surface area contributed by atoms with Crippen molar-refractivity contribution in [3.8, 4) is 0 Å². The summed E-state index contributed by atoms with van der Waals surface area (Å²) >= 11 is 0. The maximum Gasteiger partial charge on any atom is 1.00 e. The van der Waals surface area contributed by atoms with Gasteiger partial charge in [0.25, 0.3) is 0 Å². The molecule has 0 heterocycles. The molecule has 116 valence electrons. The number of rotatable bonds is 14. The number of aliphatic carboxylic acids is 1. The molecule has 0 fully saturated rings. The van der Waals surface area contributed by atoms with Crippen molar-refractivity contribution >= 4 is 5.97 Å². The van der Waals surface area contributed by atoms with E-state index in [1.807, 2.05) is 0 Å². The summed E-state index contributed by atoms with van der Waals surface area (Å²) in [7, 11) is 0. The SMILES string of the molecule is CCCCC/C=C\C/C=C/CCCCCCCC(=O)[O-].[K+]. The molecule has 0 aromatic carbocycles. The molecule has 0 aliphatic rings. The van der Waals surface area contributed by atoms with Crippen LogP contribution in [0, 0.1) is 0 Å². The Balaban J connectivity index is 0. The summed E-state index contributed by atoms with van der Waals surface area (Å²) in [6, 6.07) is 0. The van der Waals surface area contributed by atoms with E-state index < -0.39 is 5.97 Å². The van der Waals surface area contributed by atoms with Crippen LogP contribution in [0.15, 0.2) is 24.3 Å². The fourth-order valence-corrected chi connectivity index (χ4v) is 2.08. The Morgan fingerprint density at radius 2 is 1.33 bits per heavy atom. The van der Waals surface area contributed by atoms with E-state index in [9.17, 15) is 9.90 Å². The molecule has 0 aliphatic carbocycles. The van der Waals surface area contributed by atoms with E-state index in [-0.39, 0.29) is 57.8 Å². The zero-order valence-electron chi connectivity index (χ0n) is 14.1. The van der Waals surface area contributed by atoms with E-state index in [4.69, 9.17) is 0 Å². The Kier molecular flexibility index (Phi) is 23.4. The van der Waals surface area contributed by atoms with Crippen LogP contribution in [0.5, 0.6) is 0 Å². The van der Waals surface area contributed by atoms with Crippen LogP contribution in [0.4, 0.5) is 0 Å². The van der Waals surface area contributed by atoms with Crippen molar-refractivity contribution in [2.75, 3.05) is 0 Å². The fraction of sp³-hybridized carbons (Fsp3) is 0.722. The van der Waals surface area contributed by atoms with Gasteiger partial charge in [-0.2, -0.15) is 0 Å². The third-order valence-corrected chi connectivity index (χ3v) is 3.33. The number of hydrogen-bond acceptors (Lipinski definition) is 2. The fourth-order valence-electron chi connectivity index (χ4n) is 2.08. The molecule has 0 atom stereocenters. The molecular weight excluding hydrogens is 287 g/mol. The van der Waals surface area contributed by atoms with E-state index in [0.717, 1.165) is 32.1 Å². The number of carbonyl (C=O) groups excluding carboxylic acids is 1. The van der Waals surface area contributed by atoms with Crippen LogP contribution in [-0.2, 0) is 4.79 Å². The number of unbranched alkanes of at least 4 members (excludes halogenated alkanes) is 8. The van der Waals surface area contributed by atoms with Gasteiger partial charge >= 0.3 is 51.4 Å². The van der Waals surface area contributed by atoms with Crippen LogP contribution in [-0.4, -0.2) is 5.97 Å². The third-order valence-electron chi connectivity index (χ3n) is 3.33. The summed E-state index contributed by atoms with van der Waals surface area (Å²) in [5, 5.41) is 10.2. The summed E-state index contributed by atoms with van der Waals surface area (Å²) in [6.07, 6.45) is 21.9. The second-order valence-electron chi connectivity index (χ2n) is 5.35. The van der Waals surface area contributed by atoms with Crippen molar-refractivity contribution < 1.29 is 61.3 Å². The summed E-state index contributed by atoms with van der Waals surface area (Å²) in [4.78, 5) is 10.2. The monoisotopic (exact) mass is 318 g/mol. The first-order valence-corrected chi connectivity index (χ1v) is 8.27. The van der Waals surface area contributed by atoms with Crippen molar-refractivity contribution in [3.63, 3.8) is 0 Å². The largest absolute Gasteiger partial charge is 1.00 e. The number of carboxylic acids is 1. The third kappa shape index (κ3) is 23.0. The van der Waals surface area contributed by atoms with Crippen molar-refractivity contribution in [3.05, 3.63) is 24.3 Å². The van der Waals surface area contributed by atoms with Gasteiger partial charge in [0, 0.05) is 5.97 Å². The summed E-state index contributed by atoms with van der Waals surface area (Å²) in [6.45, 7) is 2.23. The first-order chi connectivity index (χ1) is 9.77. The minimum atomic E-state index is -0.921. The maximum absolute atomic E-state index is 10.2. The van der Waals surface area contributed by atoms with Crippen LogP contribution in [0.25, 0.3) is 0 Å². The number of carboxylic acid groups (broad SMARTS) is 1. The van der Waals surface area contributed by atoms with Crippen LogP contribution in [0.3, 0.4) is 0 Å². The minimum absolute atomic E-state index is 0. The van der Waals surface area contributed by atoms with Crippen LogP contribution < -0.4 is 56.5 Å². The van der Waals surface area contributed by atoms with Gasteiger partial charge < -0.3 is 9.90 Å². The molecule has 0 rings (SSSR count). The smallest absolute Gasteiger partial charge is 0.550 e. The molecule has 0 unspecified atom stereocenters. The molecule has 0 aliphatic heterocycles. The molecule has 21 heavy (non-hydrogen) atoms. The molecular formula is C18H31KO2. The van der Waals surface area contributed by atoms with Gasteiger partial charge in [0.2, 0.25) is 0 Å². The number of hydrogen-bond donors (Lipinski definition) is 0. The van der Waals surface area contributed by atoms with Gasteiger partial charge in [-0.1, -0.05) is 63.3 Å². The zero-order valence-corrected chi connectivity index (χ0v) is 17.2. The van der Waals surface area contributed by atoms with Gasteiger partial charge in [-0.15, -0.1) is 0 Å². The van der Waals surface area contributed by atoms with Crippen molar-refractivity contribution in [2.45, 2.75) is 84.0 Å². The van der Waals surface area contributed by atoms with E-state index >= 15 is 0 Å². The Morgan fingerprint density at radius 1 is 0.810 bits per heavy atom.